The predicted octanol–water partition coefficient (Wildman–Crippen LogP) is 4.01. The highest BCUT2D eigenvalue weighted by Gasteiger charge is 2.25. The summed E-state index contributed by atoms with van der Waals surface area (Å²) < 4.78 is 0. The topological polar surface area (TPSA) is 52.8 Å². The molecule has 0 N–H and O–H groups in total. The second-order valence-corrected chi connectivity index (χ2v) is 6.65. The van der Waals surface area contributed by atoms with Crippen molar-refractivity contribution in [3.05, 3.63) is 71.3 Å². The molecule has 1 atom stereocenters. The normalized spacial score (nSPS) is 16.6. The summed E-state index contributed by atoms with van der Waals surface area (Å²) in [6.45, 7) is 0.647. The van der Waals surface area contributed by atoms with Gasteiger partial charge in [0.2, 0.25) is 0 Å². The first kappa shape index (κ1) is 15.7. The van der Waals surface area contributed by atoms with E-state index in [1.54, 1.807) is 0 Å². The molecule has 2 aromatic heterocycles. The molecule has 1 aromatic carbocycles. The van der Waals surface area contributed by atoms with Crippen molar-refractivity contribution in [2.24, 2.45) is 0 Å². The molecule has 0 radical (unpaired) electrons. The molecular weight excluding hydrogens is 308 g/mol. The van der Waals surface area contributed by atoms with Crippen molar-refractivity contribution in [3.63, 3.8) is 0 Å². The molecule has 4 rings (SSSR count). The van der Waals surface area contributed by atoms with Crippen LogP contribution in [0, 0.1) is 11.3 Å². The van der Waals surface area contributed by atoms with Gasteiger partial charge in [-0.2, -0.15) is 5.26 Å². The molecule has 0 aliphatic heterocycles. The Morgan fingerprint density at radius 2 is 2.08 bits per heavy atom. The molecule has 4 nitrogen and oxygen atoms in total. The van der Waals surface area contributed by atoms with Gasteiger partial charge in [0.15, 0.2) is 0 Å². The minimum absolute atomic E-state index is 0.282. The smallest absolute Gasteiger partial charge is 0.102 e. The zero-order valence-corrected chi connectivity index (χ0v) is 14.3. The number of hydrogen-bond acceptors (Lipinski definition) is 4. The van der Waals surface area contributed by atoms with Crippen molar-refractivity contribution in [1.29, 1.82) is 5.26 Å². The Balaban J connectivity index is 1.67. The fourth-order valence-electron chi connectivity index (χ4n) is 3.81. The maximum atomic E-state index is 9.68. The molecule has 0 spiro atoms. The van der Waals surface area contributed by atoms with Gasteiger partial charge in [-0.15, -0.1) is 0 Å². The summed E-state index contributed by atoms with van der Waals surface area (Å²) in [5.41, 5.74) is 4.04. The number of nitriles is 1. The highest BCUT2D eigenvalue weighted by molar-refractivity contribution is 5.87. The van der Waals surface area contributed by atoms with Gasteiger partial charge in [-0.25, -0.2) is 0 Å². The Bertz CT molecular complexity index is 958. The molecule has 0 amide bonds. The standard InChI is InChI=1S/C21H20N4/c1-25(20-10-4-7-15-8-5-11-23-21(15)20)14-19-18(12-22)17-9-3-2-6-16(17)13-24-19/h2-3,5-6,8-9,11,13,20H,4,7,10,14H2,1H3/t20-/m0/s1. The van der Waals surface area contributed by atoms with E-state index in [0.717, 1.165) is 29.3 Å². The van der Waals surface area contributed by atoms with Gasteiger partial charge in [-0.05, 0) is 37.9 Å². The Labute approximate surface area is 147 Å². The van der Waals surface area contributed by atoms with E-state index in [9.17, 15) is 5.26 Å². The Morgan fingerprint density at radius 1 is 1.20 bits per heavy atom. The van der Waals surface area contributed by atoms with E-state index in [2.05, 4.69) is 34.1 Å². The van der Waals surface area contributed by atoms with Crippen LogP contribution in [0.1, 0.15) is 41.4 Å². The molecule has 0 saturated carbocycles. The number of aromatic nitrogens is 2. The first-order chi connectivity index (χ1) is 12.3. The lowest BCUT2D eigenvalue weighted by Crippen LogP contribution is -2.29. The Morgan fingerprint density at radius 3 is 2.96 bits per heavy atom. The molecule has 0 unspecified atom stereocenters. The maximum Gasteiger partial charge on any atom is 0.102 e. The Hall–Kier alpha value is -2.77. The van der Waals surface area contributed by atoms with Crippen LogP contribution in [0.25, 0.3) is 10.8 Å². The minimum atomic E-state index is 0.282. The van der Waals surface area contributed by atoms with E-state index in [4.69, 9.17) is 0 Å². The number of rotatable bonds is 3. The van der Waals surface area contributed by atoms with Gasteiger partial charge in [-0.3, -0.25) is 14.9 Å². The summed E-state index contributed by atoms with van der Waals surface area (Å²) in [7, 11) is 2.10. The molecule has 4 heteroatoms. The molecule has 0 fully saturated rings. The SMILES string of the molecule is CN(Cc1ncc2ccccc2c1C#N)[C@H]1CCCc2cccnc21. The molecule has 2 heterocycles. The summed E-state index contributed by atoms with van der Waals surface area (Å²) in [5.74, 6) is 0. The highest BCUT2D eigenvalue weighted by atomic mass is 15.1. The first-order valence-electron chi connectivity index (χ1n) is 8.68. The van der Waals surface area contributed by atoms with Gasteiger partial charge < -0.3 is 0 Å². The van der Waals surface area contributed by atoms with Crippen LogP contribution in [0.4, 0.5) is 0 Å². The fourth-order valence-corrected chi connectivity index (χ4v) is 3.81. The lowest BCUT2D eigenvalue weighted by atomic mass is 9.91. The second kappa shape index (κ2) is 6.62. The monoisotopic (exact) mass is 328 g/mol. The molecular formula is C21H20N4. The van der Waals surface area contributed by atoms with Crippen LogP contribution >= 0.6 is 0 Å². The summed E-state index contributed by atoms with van der Waals surface area (Å²) >= 11 is 0. The third kappa shape index (κ3) is 2.88. The van der Waals surface area contributed by atoms with Crippen molar-refractivity contribution in [2.75, 3.05) is 7.05 Å². The van der Waals surface area contributed by atoms with Crippen LogP contribution in [0.3, 0.4) is 0 Å². The van der Waals surface area contributed by atoms with Gasteiger partial charge in [0.05, 0.1) is 23.0 Å². The maximum absolute atomic E-state index is 9.68. The summed E-state index contributed by atoms with van der Waals surface area (Å²) in [5, 5.41) is 11.7. The zero-order valence-electron chi connectivity index (χ0n) is 14.3. The van der Waals surface area contributed by atoms with Gasteiger partial charge in [0.25, 0.3) is 0 Å². The van der Waals surface area contributed by atoms with Crippen molar-refractivity contribution < 1.29 is 0 Å². The molecule has 1 aliphatic rings. The molecule has 124 valence electrons. The number of benzene rings is 1. The average Bonchev–Trinajstić information content (AvgIpc) is 2.67. The quantitative estimate of drug-likeness (QED) is 0.729. The van der Waals surface area contributed by atoms with Crippen LogP contribution in [-0.2, 0) is 13.0 Å². The van der Waals surface area contributed by atoms with Crippen LogP contribution in [-0.4, -0.2) is 21.9 Å². The summed E-state index contributed by atoms with van der Waals surface area (Å²) in [4.78, 5) is 11.5. The third-order valence-electron chi connectivity index (χ3n) is 5.09. The van der Waals surface area contributed by atoms with Crippen molar-refractivity contribution in [3.8, 4) is 6.07 Å². The average molecular weight is 328 g/mol. The molecule has 0 bridgehead atoms. The predicted molar refractivity (Wildman–Crippen MR) is 97.8 cm³/mol. The van der Waals surface area contributed by atoms with Gasteiger partial charge >= 0.3 is 0 Å². The number of nitrogens with zero attached hydrogens (tertiary/aromatic N) is 4. The first-order valence-corrected chi connectivity index (χ1v) is 8.68. The van der Waals surface area contributed by atoms with Crippen molar-refractivity contribution >= 4 is 10.8 Å². The molecule has 3 aromatic rings. The Kier molecular flexibility index (Phi) is 4.17. The zero-order chi connectivity index (χ0) is 17.2. The van der Waals surface area contributed by atoms with E-state index in [-0.39, 0.29) is 6.04 Å². The van der Waals surface area contributed by atoms with E-state index in [0.29, 0.717) is 12.1 Å². The van der Waals surface area contributed by atoms with Crippen molar-refractivity contribution in [2.45, 2.75) is 31.8 Å². The largest absolute Gasteiger partial charge is 0.292 e. The van der Waals surface area contributed by atoms with Crippen LogP contribution < -0.4 is 0 Å². The highest BCUT2D eigenvalue weighted by Crippen LogP contribution is 2.33. The lowest BCUT2D eigenvalue weighted by Gasteiger charge is -2.32. The number of fused-ring (bicyclic) bond motifs is 2. The van der Waals surface area contributed by atoms with Crippen LogP contribution in [0.2, 0.25) is 0 Å². The number of aryl methyl sites for hydroxylation is 1. The number of hydrogen-bond donors (Lipinski definition) is 0. The molecule has 1 aliphatic carbocycles. The van der Waals surface area contributed by atoms with Crippen LogP contribution in [0.5, 0.6) is 0 Å². The van der Waals surface area contributed by atoms with Gasteiger partial charge in [-0.1, -0.05) is 30.3 Å². The van der Waals surface area contributed by atoms with Crippen LogP contribution in [0.15, 0.2) is 48.8 Å². The summed E-state index contributed by atoms with van der Waals surface area (Å²) in [6, 6.07) is 14.8. The molecule has 0 saturated heterocycles. The van der Waals surface area contributed by atoms with E-state index >= 15 is 0 Å². The lowest BCUT2D eigenvalue weighted by molar-refractivity contribution is 0.206. The molecule has 25 heavy (non-hydrogen) atoms. The van der Waals surface area contributed by atoms with Gasteiger partial charge in [0.1, 0.15) is 6.07 Å². The van der Waals surface area contributed by atoms with E-state index in [1.165, 1.54) is 17.7 Å². The van der Waals surface area contributed by atoms with E-state index in [1.807, 2.05) is 42.7 Å². The summed E-state index contributed by atoms with van der Waals surface area (Å²) in [6.07, 6.45) is 7.11. The number of pyridine rings is 2. The second-order valence-electron chi connectivity index (χ2n) is 6.65. The van der Waals surface area contributed by atoms with Gasteiger partial charge in [0, 0.05) is 29.7 Å². The van der Waals surface area contributed by atoms with Crippen molar-refractivity contribution in [1.82, 2.24) is 14.9 Å². The van der Waals surface area contributed by atoms with E-state index < -0.39 is 0 Å². The minimum Gasteiger partial charge on any atom is -0.292 e. The fraction of sp³-hybridized carbons (Fsp3) is 0.286. The third-order valence-corrected chi connectivity index (χ3v) is 5.09.